The molecule has 4 rings (SSSR count). The zero-order valence-corrected chi connectivity index (χ0v) is 19.7. The van der Waals surface area contributed by atoms with Crippen LogP contribution in [-0.2, 0) is 14.8 Å². The molecule has 1 amide bonds. The van der Waals surface area contributed by atoms with Crippen LogP contribution in [0.1, 0.15) is 42.9 Å². The number of halogens is 2. The number of carbonyl (C=O) groups excluding carboxylic acids is 1. The van der Waals surface area contributed by atoms with Crippen LogP contribution in [0.3, 0.4) is 0 Å². The highest BCUT2D eigenvalue weighted by Crippen LogP contribution is 2.41. The zero-order valence-electron chi connectivity index (χ0n) is 17.4. The van der Waals surface area contributed by atoms with E-state index >= 15 is 0 Å². The Morgan fingerprint density at radius 2 is 1.58 bits per heavy atom. The summed E-state index contributed by atoms with van der Waals surface area (Å²) in [5, 5.41) is 3.46. The second-order valence-corrected chi connectivity index (χ2v) is 11.2. The molecular weight excluding hydrogens is 455 g/mol. The van der Waals surface area contributed by atoms with E-state index in [4.69, 9.17) is 23.2 Å². The Labute approximate surface area is 193 Å². The summed E-state index contributed by atoms with van der Waals surface area (Å²) >= 11 is 12.2. The van der Waals surface area contributed by atoms with Crippen LogP contribution < -0.4 is 5.32 Å². The molecule has 31 heavy (non-hydrogen) atoms. The lowest BCUT2D eigenvalue weighted by molar-refractivity contribution is -0.127. The maximum Gasteiger partial charge on any atom is 0.246 e. The summed E-state index contributed by atoms with van der Waals surface area (Å²) in [7, 11) is -3.81. The molecule has 1 N–H and O–H groups in total. The van der Waals surface area contributed by atoms with E-state index in [1.165, 1.54) is 22.0 Å². The fraction of sp³-hybridized carbons (Fsp3) is 0.435. The van der Waals surface area contributed by atoms with E-state index in [9.17, 15) is 13.2 Å². The average Bonchev–Trinajstić information content (AvgIpc) is 3.58. The lowest BCUT2D eigenvalue weighted by Gasteiger charge is -2.32. The molecule has 1 unspecified atom stereocenters. The predicted molar refractivity (Wildman–Crippen MR) is 123 cm³/mol. The van der Waals surface area contributed by atoms with Crippen molar-refractivity contribution in [1.82, 2.24) is 9.62 Å². The zero-order chi connectivity index (χ0) is 22.2. The fourth-order valence-electron chi connectivity index (χ4n) is 4.16. The van der Waals surface area contributed by atoms with Gasteiger partial charge in [0.15, 0.2) is 0 Å². The number of benzene rings is 2. The van der Waals surface area contributed by atoms with Gasteiger partial charge in [0.2, 0.25) is 15.9 Å². The maximum absolute atomic E-state index is 13.0. The number of sulfonamides is 1. The van der Waals surface area contributed by atoms with Gasteiger partial charge >= 0.3 is 0 Å². The SMILES string of the molecule is Cc1ccc(C(NC(=O)C2CCN(S(=O)(=O)c3c(Cl)cccc3Cl)CC2)C2CC2)cc1. The second-order valence-electron chi connectivity index (χ2n) is 8.46. The summed E-state index contributed by atoms with van der Waals surface area (Å²) in [5.74, 6) is 0.277. The van der Waals surface area contributed by atoms with E-state index in [0.29, 0.717) is 18.8 Å². The minimum atomic E-state index is -3.81. The Bertz CT molecular complexity index is 1040. The molecule has 1 aliphatic carbocycles. The Kier molecular flexibility index (Phi) is 6.63. The summed E-state index contributed by atoms with van der Waals surface area (Å²) in [6.45, 7) is 2.58. The van der Waals surface area contributed by atoms with E-state index in [-0.39, 0.29) is 45.9 Å². The van der Waals surface area contributed by atoms with Gasteiger partial charge in [-0.3, -0.25) is 4.79 Å². The number of nitrogens with one attached hydrogen (secondary N) is 1. The van der Waals surface area contributed by atoms with Crippen LogP contribution in [0.4, 0.5) is 0 Å². The first kappa shape index (κ1) is 22.6. The monoisotopic (exact) mass is 480 g/mol. The van der Waals surface area contributed by atoms with Crippen molar-refractivity contribution in [1.29, 1.82) is 0 Å². The number of piperidine rings is 1. The van der Waals surface area contributed by atoms with Crippen LogP contribution in [0, 0.1) is 18.8 Å². The van der Waals surface area contributed by atoms with Gasteiger partial charge < -0.3 is 5.32 Å². The van der Waals surface area contributed by atoms with Crippen LogP contribution in [0.15, 0.2) is 47.4 Å². The maximum atomic E-state index is 13.0. The number of hydrogen-bond acceptors (Lipinski definition) is 3. The summed E-state index contributed by atoms with van der Waals surface area (Å²) in [6, 6.07) is 13.0. The molecule has 0 bridgehead atoms. The number of carbonyl (C=O) groups is 1. The van der Waals surface area contributed by atoms with Gasteiger partial charge in [-0.2, -0.15) is 4.31 Å². The van der Waals surface area contributed by atoms with Gasteiger partial charge in [0.05, 0.1) is 16.1 Å². The number of rotatable bonds is 6. The minimum Gasteiger partial charge on any atom is -0.349 e. The van der Waals surface area contributed by atoms with E-state index in [2.05, 4.69) is 29.6 Å². The molecular formula is C23H26Cl2N2O3S. The highest BCUT2D eigenvalue weighted by molar-refractivity contribution is 7.89. The molecule has 0 radical (unpaired) electrons. The number of hydrogen-bond donors (Lipinski definition) is 1. The normalized spacial score (nSPS) is 19.2. The Morgan fingerprint density at radius 1 is 1.00 bits per heavy atom. The van der Waals surface area contributed by atoms with Crippen LogP contribution in [0.2, 0.25) is 10.0 Å². The van der Waals surface area contributed by atoms with Crippen LogP contribution in [0.25, 0.3) is 0 Å². The topological polar surface area (TPSA) is 66.5 Å². The van der Waals surface area contributed by atoms with E-state index < -0.39 is 10.0 Å². The largest absolute Gasteiger partial charge is 0.349 e. The summed E-state index contributed by atoms with van der Waals surface area (Å²) < 4.78 is 27.5. The van der Waals surface area contributed by atoms with E-state index in [1.807, 2.05) is 6.92 Å². The first-order chi connectivity index (χ1) is 14.8. The summed E-state index contributed by atoms with van der Waals surface area (Å²) in [6.07, 6.45) is 3.18. The molecule has 2 aromatic rings. The van der Waals surface area contributed by atoms with Crippen molar-refractivity contribution in [2.45, 2.75) is 43.5 Å². The Morgan fingerprint density at radius 3 is 2.13 bits per heavy atom. The first-order valence-corrected chi connectivity index (χ1v) is 12.8. The Hall–Kier alpha value is -1.60. The molecule has 2 aromatic carbocycles. The van der Waals surface area contributed by atoms with Crippen molar-refractivity contribution in [3.8, 4) is 0 Å². The third-order valence-electron chi connectivity index (χ3n) is 6.17. The molecule has 166 valence electrons. The third-order valence-corrected chi connectivity index (χ3v) is 9.02. The molecule has 0 spiro atoms. The lowest BCUT2D eigenvalue weighted by Crippen LogP contribution is -2.44. The van der Waals surface area contributed by atoms with E-state index in [0.717, 1.165) is 18.4 Å². The van der Waals surface area contributed by atoms with Gasteiger partial charge in [-0.1, -0.05) is 59.1 Å². The van der Waals surface area contributed by atoms with Crippen molar-refractivity contribution in [2.24, 2.45) is 11.8 Å². The molecule has 1 saturated heterocycles. The molecule has 8 heteroatoms. The smallest absolute Gasteiger partial charge is 0.246 e. The number of nitrogens with zero attached hydrogens (tertiary/aromatic N) is 1. The molecule has 2 aliphatic rings. The number of aryl methyl sites for hydroxylation is 1. The molecule has 2 fully saturated rings. The number of amides is 1. The highest BCUT2D eigenvalue weighted by Gasteiger charge is 2.37. The Balaban J connectivity index is 1.41. The van der Waals surface area contributed by atoms with Crippen molar-refractivity contribution < 1.29 is 13.2 Å². The van der Waals surface area contributed by atoms with Crippen molar-refractivity contribution in [2.75, 3.05) is 13.1 Å². The lowest BCUT2D eigenvalue weighted by atomic mass is 9.95. The third kappa shape index (κ3) is 4.92. The van der Waals surface area contributed by atoms with Crippen LogP contribution in [0.5, 0.6) is 0 Å². The minimum absolute atomic E-state index is 0.00491. The van der Waals surface area contributed by atoms with Crippen LogP contribution >= 0.6 is 23.2 Å². The molecule has 0 aromatic heterocycles. The van der Waals surface area contributed by atoms with Gasteiger partial charge in [0, 0.05) is 19.0 Å². The van der Waals surface area contributed by atoms with E-state index in [1.54, 1.807) is 6.07 Å². The van der Waals surface area contributed by atoms with Gasteiger partial charge in [-0.05, 0) is 56.2 Å². The second kappa shape index (κ2) is 9.10. The van der Waals surface area contributed by atoms with Gasteiger partial charge in [-0.15, -0.1) is 0 Å². The first-order valence-electron chi connectivity index (χ1n) is 10.6. The fourth-order valence-corrected chi connectivity index (χ4v) is 6.73. The summed E-state index contributed by atoms with van der Waals surface area (Å²) in [4.78, 5) is 12.9. The van der Waals surface area contributed by atoms with Crippen molar-refractivity contribution >= 4 is 39.1 Å². The van der Waals surface area contributed by atoms with Gasteiger partial charge in [0.25, 0.3) is 0 Å². The molecule has 1 aliphatic heterocycles. The predicted octanol–water partition coefficient (Wildman–Crippen LogP) is 4.97. The molecule has 1 atom stereocenters. The molecule has 1 heterocycles. The standard InChI is InChI=1S/C23H26Cl2N2O3S/c1-15-5-7-16(8-6-15)21(17-9-10-17)26-23(28)18-11-13-27(14-12-18)31(29,30)22-19(24)3-2-4-20(22)25/h2-8,17-18,21H,9-14H2,1H3,(H,26,28). The van der Waals surface area contributed by atoms with Crippen molar-refractivity contribution in [3.05, 3.63) is 63.6 Å². The molecule has 1 saturated carbocycles. The van der Waals surface area contributed by atoms with Gasteiger partial charge in [-0.25, -0.2) is 8.42 Å². The van der Waals surface area contributed by atoms with Crippen LogP contribution in [-0.4, -0.2) is 31.7 Å². The van der Waals surface area contributed by atoms with Crippen molar-refractivity contribution in [3.63, 3.8) is 0 Å². The van der Waals surface area contributed by atoms with Gasteiger partial charge in [0.1, 0.15) is 4.90 Å². The molecule has 5 nitrogen and oxygen atoms in total. The quantitative estimate of drug-likeness (QED) is 0.634. The highest BCUT2D eigenvalue weighted by atomic mass is 35.5. The average molecular weight is 481 g/mol. The summed E-state index contributed by atoms with van der Waals surface area (Å²) in [5.41, 5.74) is 2.33.